The van der Waals surface area contributed by atoms with Gasteiger partial charge in [-0.1, -0.05) is 53.0 Å². The van der Waals surface area contributed by atoms with E-state index in [9.17, 15) is 9.59 Å². The van der Waals surface area contributed by atoms with Crippen LogP contribution >= 0.6 is 34.8 Å². The molecule has 0 spiro atoms. The molecule has 0 aliphatic carbocycles. The summed E-state index contributed by atoms with van der Waals surface area (Å²) in [6.45, 7) is 0.916. The van der Waals surface area contributed by atoms with Crippen LogP contribution in [0.1, 0.15) is 16.8 Å². The van der Waals surface area contributed by atoms with E-state index in [0.717, 1.165) is 11.3 Å². The van der Waals surface area contributed by atoms with Crippen molar-refractivity contribution < 1.29 is 9.53 Å². The third kappa shape index (κ3) is 5.98. The van der Waals surface area contributed by atoms with E-state index in [1.54, 1.807) is 54.5 Å². The van der Waals surface area contributed by atoms with Gasteiger partial charge in [0.1, 0.15) is 5.75 Å². The molecular weight excluding hydrogens is 561 g/mol. The molecule has 4 aromatic rings. The zero-order valence-electron chi connectivity index (χ0n) is 20.9. The lowest BCUT2D eigenvalue weighted by Crippen LogP contribution is -2.43. The van der Waals surface area contributed by atoms with Gasteiger partial charge in [0.15, 0.2) is 0 Å². The Labute approximate surface area is 240 Å². The first-order valence-corrected chi connectivity index (χ1v) is 13.2. The Balaban J connectivity index is 1.45. The molecule has 0 fully saturated rings. The van der Waals surface area contributed by atoms with E-state index < -0.39 is 0 Å². The highest BCUT2D eigenvalue weighted by atomic mass is 35.5. The first-order chi connectivity index (χ1) is 18.8. The highest BCUT2D eigenvalue weighted by Crippen LogP contribution is 2.27. The van der Waals surface area contributed by atoms with Gasteiger partial charge >= 0.3 is 6.03 Å². The van der Waals surface area contributed by atoms with Gasteiger partial charge in [0.05, 0.1) is 41.3 Å². The molecule has 1 aromatic heterocycles. The van der Waals surface area contributed by atoms with Crippen molar-refractivity contribution in [3.8, 4) is 11.4 Å². The number of nitrogens with one attached hydrogen (secondary N) is 2. The number of nitrogens with zero attached hydrogens (tertiary/aromatic N) is 3. The zero-order valence-corrected chi connectivity index (χ0v) is 23.1. The molecule has 200 valence electrons. The van der Waals surface area contributed by atoms with Crippen molar-refractivity contribution in [3.63, 3.8) is 0 Å². The summed E-state index contributed by atoms with van der Waals surface area (Å²) in [7, 11) is 1.62. The molecule has 11 heteroatoms. The number of aromatic nitrogens is 2. The van der Waals surface area contributed by atoms with Gasteiger partial charge in [-0.3, -0.25) is 4.79 Å². The molecule has 0 saturated heterocycles. The van der Waals surface area contributed by atoms with Crippen molar-refractivity contribution in [2.24, 2.45) is 0 Å². The number of hydrogen-bond acceptors (Lipinski definition) is 5. The second-order valence-electron chi connectivity index (χ2n) is 8.91. The molecular formula is C28H24Cl3N5O3. The van der Waals surface area contributed by atoms with Crippen LogP contribution in [0.2, 0.25) is 15.1 Å². The molecule has 2 heterocycles. The Hall–Kier alpha value is -3.72. The van der Waals surface area contributed by atoms with Crippen molar-refractivity contribution >= 4 is 52.5 Å². The highest BCUT2D eigenvalue weighted by Gasteiger charge is 2.27. The van der Waals surface area contributed by atoms with Crippen LogP contribution in [0, 0.1) is 0 Å². The van der Waals surface area contributed by atoms with Crippen LogP contribution in [-0.2, 0) is 19.5 Å². The lowest BCUT2D eigenvalue weighted by atomic mass is 10.1. The van der Waals surface area contributed by atoms with E-state index in [4.69, 9.17) is 44.5 Å². The molecule has 2 amide bonds. The van der Waals surface area contributed by atoms with Gasteiger partial charge in [-0.15, -0.1) is 0 Å². The molecule has 1 aliphatic heterocycles. The maximum atomic E-state index is 13.9. The number of carbonyl (C=O) groups excluding carboxylic acids is 1. The molecule has 0 radical (unpaired) electrons. The molecule has 2 N–H and O–H groups in total. The SMILES string of the molecule is COc1ccc(CNc2nc3c(c(=O)n2-c2cccc(Cl)c2)CN(C(=O)Nc2ccc(Cl)cc2Cl)CC3)cc1. The lowest BCUT2D eigenvalue weighted by Gasteiger charge is -2.29. The summed E-state index contributed by atoms with van der Waals surface area (Å²) in [5, 5.41) is 7.38. The van der Waals surface area contributed by atoms with Crippen molar-refractivity contribution in [1.82, 2.24) is 14.5 Å². The largest absolute Gasteiger partial charge is 0.497 e. The zero-order chi connectivity index (χ0) is 27.5. The van der Waals surface area contributed by atoms with Gasteiger partial charge < -0.3 is 20.3 Å². The summed E-state index contributed by atoms with van der Waals surface area (Å²) in [5.41, 5.74) is 2.79. The molecule has 5 rings (SSSR count). The standard InChI is InChI=1S/C28H24Cl3N5O3/c1-39-21-8-5-17(6-9-21)15-32-27-33-24-11-12-35(28(38)34-25-10-7-19(30)14-23(25)31)16-22(24)26(37)36(27)20-4-2-3-18(29)13-20/h2-10,13-14H,11-12,15-16H2,1H3,(H,32,33)(H,34,38). The molecule has 0 unspecified atom stereocenters. The monoisotopic (exact) mass is 583 g/mol. The summed E-state index contributed by atoms with van der Waals surface area (Å²) in [5.74, 6) is 1.15. The van der Waals surface area contributed by atoms with Crippen molar-refractivity contribution in [2.45, 2.75) is 19.5 Å². The first kappa shape index (κ1) is 26.9. The van der Waals surface area contributed by atoms with Crippen molar-refractivity contribution in [3.05, 3.63) is 109 Å². The number of hydrogen-bond donors (Lipinski definition) is 2. The average molecular weight is 585 g/mol. The number of benzene rings is 3. The Morgan fingerprint density at radius 1 is 1.03 bits per heavy atom. The van der Waals surface area contributed by atoms with Gasteiger partial charge in [-0.25, -0.2) is 14.3 Å². The number of amides is 2. The highest BCUT2D eigenvalue weighted by molar-refractivity contribution is 6.36. The Morgan fingerprint density at radius 3 is 2.51 bits per heavy atom. The Kier molecular flexibility index (Phi) is 7.97. The van der Waals surface area contributed by atoms with E-state index in [0.29, 0.717) is 63.2 Å². The molecule has 1 aliphatic rings. The number of carbonyl (C=O) groups is 1. The molecule has 8 nitrogen and oxygen atoms in total. The second kappa shape index (κ2) is 11.6. The summed E-state index contributed by atoms with van der Waals surface area (Å²) >= 11 is 18.4. The second-order valence-corrected chi connectivity index (χ2v) is 10.2. The number of halogens is 3. The lowest BCUT2D eigenvalue weighted by molar-refractivity contribution is 0.205. The summed E-state index contributed by atoms with van der Waals surface area (Å²) in [4.78, 5) is 33.3. The number of ether oxygens (including phenoxy) is 1. The van der Waals surface area contributed by atoms with Crippen LogP contribution < -0.4 is 20.9 Å². The molecule has 3 aromatic carbocycles. The van der Waals surface area contributed by atoms with Crippen LogP contribution in [0.3, 0.4) is 0 Å². The van der Waals surface area contributed by atoms with E-state index in [1.807, 2.05) is 24.3 Å². The van der Waals surface area contributed by atoms with Crippen LogP contribution in [0.25, 0.3) is 5.69 Å². The quantitative estimate of drug-likeness (QED) is 0.274. The number of methoxy groups -OCH3 is 1. The average Bonchev–Trinajstić information content (AvgIpc) is 2.93. The Morgan fingerprint density at radius 2 is 1.79 bits per heavy atom. The van der Waals surface area contributed by atoms with E-state index >= 15 is 0 Å². The number of urea groups is 1. The molecule has 0 bridgehead atoms. The number of fused-ring (bicyclic) bond motifs is 1. The molecule has 0 atom stereocenters. The summed E-state index contributed by atoms with van der Waals surface area (Å²) in [6, 6.07) is 19.1. The fourth-order valence-electron chi connectivity index (χ4n) is 4.33. The third-order valence-corrected chi connectivity index (χ3v) is 7.15. The van der Waals surface area contributed by atoms with Crippen LogP contribution in [-0.4, -0.2) is 34.1 Å². The maximum absolute atomic E-state index is 13.9. The summed E-state index contributed by atoms with van der Waals surface area (Å²) < 4.78 is 6.72. The normalized spacial score (nSPS) is 12.6. The third-order valence-electron chi connectivity index (χ3n) is 6.37. The fraction of sp³-hybridized carbons (Fsp3) is 0.179. The van der Waals surface area contributed by atoms with Gasteiger partial charge in [0, 0.05) is 29.6 Å². The minimum atomic E-state index is -0.375. The van der Waals surface area contributed by atoms with E-state index in [2.05, 4.69) is 10.6 Å². The number of anilines is 2. The van der Waals surface area contributed by atoms with Crippen molar-refractivity contribution in [2.75, 3.05) is 24.3 Å². The molecule has 0 saturated carbocycles. The maximum Gasteiger partial charge on any atom is 0.322 e. The van der Waals surface area contributed by atoms with Gasteiger partial charge in [-0.05, 0) is 54.1 Å². The van der Waals surface area contributed by atoms with Crippen LogP contribution in [0.5, 0.6) is 5.75 Å². The fourth-order valence-corrected chi connectivity index (χ4v) is 4.97. The number of rotatable bonds is 6. The van der Waals surface area contributed by atoms with Gasteiger partial charge in [-0.2, -0.15) is 0 Å². The minimum Gasteiger partial charge on any atom is -0.497 e. The van der Waals surface area contributed by atoms with Crippen LogP contribution in [0.4, 0.5) is 16.4 Å². The van der Waals surface area contributed by atoms with E-state index in [-0.39, 0.29) is 18.1 Å². The van der Waals surface area contributed by atoms with Crippen molar-refractivity contribution in [1.29, 1.82) is 0 Å². The minimum absolute atomic E-state index is 0.0948. The predicted octanol–water partition coefficient (Wildman–Crippen LogP) is 6.40. The van der Waals surface area contributed by atoms with Crippen LogP contribution in [0.15, 0.2) is 71.5 Å². The molecule has 39 heavy (non-hydrogen) atoms. The van der Waals surface area contributed by atoms with Gasteiger partial charge in [0.2, 0.25) is 5.95 Å². The van der Waals surface area contributed by atoms with E-state index in [1.165, 1.54) is 4.57 Å². The summed E-state index contributed by atoms with van der Waals surface area (Å²) in [6.07, 6.45) is 0.417. The van der Waals surface area contributed by atoms with Gasteiger partial charge in [0.25, 0.3) is 5.56 Å². The first-order valence-electron chi connectivity index (χ1n) is 12.1. The Bertz CT molecular complexity index is 1590. The topological polar surface area (TPSA) is 88.5 Å². The smallest absolute Gasteiger partial charge is 0.322 e. The predicted molar refractivity (Wildman–Crippen MR) is 155 cm³/mol.